The first-order valence-electron chi connectivity index (χ1n) is 12.6. The fourth-order valence-corrected chi connectivity index (χ4v) is 5.28. The van der Waals surface area contributed by atoms with Crippen LogP contribution in [-0.4, -0.2) is 34.3 Å². The Morgan fingerprint density at radius 2 is 1.77 bits per heavy atom. The van der Waals surface area contributed by atoms with Gasteiger partial charge in [-0.2, -0.15) is 5.10 Å². The summed E-state index contributed by atoms with van der Waals surface area (Å²) in [5.41, 5.74) is 12.6. The second-order valence-electron chi connectivity index (χ2n) is 9.67. The first kappa shape index (κ1) is 22.9. The lowest BCUT2D eigenvalue weighted by molar-refractivity contribution is 0.650. The molecule has 0 saturated heterocycles. The maximum Gasteiger partial charge on any atom is 0.266 e. The minimum Gasteiger partial charge on any atom is -0.383 e. The molecular formula is C30H24N8O. The van der Waals surface area contributed by atoms with Crippen molar-refractivity contribution < 1.29 is 0 Å². The minimum absolute atomic E-state index is 0.120. The fraction of sp³-hybridized carbons (Fsp3) is 0.100. The van der Waals surface area contributed by atoms with E-state index in [0.717, 1.165) is 33.3 Å². The summed E-state index contributed by atoms with van der Waals surface area (Å²) in [6.45, 7) is 4.12. The van der Waals surface area contributed by atoms with E-state index in [4.69, 9.17) is 15.8 Å². The van der Waals surface area contributed by atoms with Crippen molar-refractivity contribution >= 4 is 38.7 Å². The van der Waals surface area contributed by atoms with Gasteiger partial charge in [0.1, 0.15) is 30.2 Å². The lowest BCUT2D eigenvalue weighted by atomic mass is 10.1. The van der Waals surface area contributed by atoms with Crippen LogP contribution in [0, 0.1) is 13.8 Å². The average molecular weight is 513 g/mol. The van der Waals surface area contributed by atoms with Crippen LogP contribution < -0.4 is 11.3 Å². The number of hydrogen-bond acceptors (Lipinski definition) is 6. The van der Waals surface area contributed by atoms with Crippen LogP contribution in [0.3, 0.4) is 0 Å². The van der Waals surface area contributed by atoms with Gasteiger partial charge in [-0.1, -0.05) is 42.5 Å². The van der Waals surface area contributed by atoms with E-state index >= 15 is 0 Å². The zero-order valence-electron chi connectivity index (χ0n) is 21.4. The number of rotatable bonds is 4. The summed E-state index contributed by atoms with van der Waals surface area (Å²) >= 11 is 0. The molecule has 0 spiro atoms. The molecule has 0 radical (unpaired) electrons. The normalized spacial score (nSPS) is 11.6. The summed E-state index contributed by atoms with van der Waals surface area (Å²) in [5, 5.41) is 7.31. The molecule has 4 aromatic heterocycles. The number of nitrogens with zero attached hydrogens (tertiary/aromatic N) is 6. The van der Waals surface area contributed by atoms with Gasteiger partial charge in [0.2, 0.25) is 0 Å². The molecule has 9 heteroatoms. The largest absolute Gasteiger partial charge is 0.383 e. The minimum atomic E-state index is -0.120. The highest BCUT2D eigenvalue weighted by atomic mass is 16.1. The number of anilines is 1. The van der Waals surface area contributed by atoms with Crippen molar-refractivity contribution in [3.8, 4) is 16.9 Å². The number of benzene rings is 3. The van der Waals surface area contributed by atoms with Gasteiger partial charge in [0.15, 0.2) is 5.65 Å². The summed E-state index contributed by atoms with van der Waals surface area (Å²) < 4.78 is 3.44. The van der Waals surface area contributed by atoms with Crippen molar-refractivity contribution in [2.75, 3.05) is 5.73 Å². The van der Waals surface area contributed by atoms with Crippen molar-refractivity contribution in [1.29, 1.82) is 0 Å². The Labute approximate surface area is 222 Å². The van der Waals surface area contributed by atoms with E-state index in [2.05, 4.69) is 15.0 Å². The summed E-state index contributed by atoms with van der Waals surface area (Å²) in [5.74, 6) is 0.881. The number of aromatic nitrogens is 7. The molecule has 0 aliphatic carbocycles. The lowest BCUT2D eigenvalue weighted by Gasteiger charge is -2.16. The van der Waals surface area contributed by atoms with E-state index in [9.17, 15) is 4.79 Å². The van der Waals surface area contributed by atoms with Crippen LogP contribution in [0.25, 0.3) is 49.8 Å². The van der Waals surface area contributed by atoms with E-state index in [-0.39, 0.29) is 12.1 Å². The number of H-pyrrole nitrogens is 1. The van der Waals surface area contributed by atoms with Gasteiger partial charge in [0.05, 0.1) is 22.0 Å². The maximum absolute atomic E-state index is 14.0. The Hall–Kier alpha value is -5.31. The van der Waals surface area contributed by atoms with Crippen LogP contribution in [0.1, 0.15) is 17.0 Å². The van der Waals surface area contributed by atoms with Gasteiger partial charge in [0.25, 0.3) is 5.56 Å². The van der Waals surface area contributed by atoms with E-state index in [1.807, 2.05) is 86.8 Å². The standard InChI is InChI=1S/C30H24N8O/c1-17-6-3-4-9-23(17)38-24(35-21-8-5-7-18(2)25(21)30(38)39)15-37-29-26(28(31)33-16-34-29)27(36-37)20-11-10-19-12-13-32-22(19)14-20/h3-14,16,32H,15H2,1-2H3,(H2,31,33,34). The van der Waals surface area contributed by atoms with Crippen LogP contribution >= 0.6 is 0 Å². The molecule has 0 fully saturated rings. The van der Waals surface area contributed by atoms with E-state index < -0.39 is 0 Å². The summed E-state index contributed by atoms with van der Waals surface area (Å²) in [6.07, 6.45) is 3.33. The van der Waals surface area contributed by atoms with Gasteiger partial charge in [0, 0.05) is 17.3 Å². The number of nitrogens with one attached hydrogen (secondary N) is 1. The average Bonchev–Trinajstić information content (AvgIpc) is 3.55. The van der Waals surface area contributed by atoms with Gasteiger partial charge in [-0.05, 0) is 54.6 Å². The van der Waals surface area contributed by atoms with Gasteiger partial charge in [-0.25, -0.2) is 19.6 Å². The van der Waals surface area contributed by atoms with Gasteiger partial charge < -0.3 is 10.7 Å². The van der Waals surface area contributed by atoms with E-state index in [1.54, 1.807) is 9.25 Å². The zero-order chi connectivity index (χ0) is 26.7. The third kappa shape index (κ3) is 3.58. The highest BCUT2D eigenvalue weighted by molar-refractivity contribution is 5.99. The Balaban J connectivity index is 1.48. The molecule has 0 atom stereocenters. The Morgan fingerprint density at radius 1 is 0.923 bits per heavy atom. The van der Waals surface area contributed by atoms with Crippen molar-refractivity contribution in [2.45, 2.75) is 20.4 Å². The molecule has 190 valence electrons. The number of aryl methyl sites for hydroxylation is 2. The van der Waals surface area contributed by atoms with Crippen LogP contribution in [0.2, 0.25) is 0 Å². The molecular weight excluding hydrogens is 488 g/mol. The van der Waals surface area contributed by atoms with E-state index in [1.165, 1.54) is 6.33 Å². The van der Waals surface area contributed by atoms with Crippen LogP contribution in [0.15, 0.2) is 84.0 Å². The molecule has 0 bridgehead atoms. The van der Waals surface area contributed by atoms with Crippen LogP contribution in [0.4, 0.5) is 5.82 Å². The number of hydrogen-bond donors (Lipinski definition) is 2. The second kappa shape index (κ2) is 8.63. The number of para-hydroxylation sites is 1. The molecule has 9 nitrogen and oxygen atoms in total. The lowest BCUT2D eigenvalue weighted by Crippen LogP contribution is -2.26. The molecule has 7 aromatic rings. The van der Waals surface area contributed by atoms with Crippen LogP contribution in [0.5, 0.6) is 0 Å². The van der Waals surface area contributed by atoms with E-state index in [0.29, 0.717) is 39.3 Å². The Morgan fingerprint density at radius 3 is 2.64 bits per heavy atom. The van der Waals surface area contributed by atoms with Gasteiger partial charge in [-0.3, -0.25) is 9.36 Å². The molecule has 0 saturated carbocycles. The Bertz CT molecular complexity index is 2120. The van der Waals surface area contributed by atoms with Gasteiger partial charge >= 0.3 is 0 Å². The van der Waals surface area contributed by atoms with Crippen molar-refractivity contribution in [3.05, 3.63) is 107 Å². The van der Waals surface area contributed by atoms with Crippen molar-refractivity contribution in [1.82, 2.24) is 34.3 Å². The molecule has 0 unspecified atom stereocenters. The topological polar surface area (TPSA) is 120 Å². The molecule has 3 N–H and O–H groups in total. The highest BCUT2D eigenvalue weighted by Crippen LogP contribution is 2.32. The summed E-state index contributed by atoms with van der Waals surface area (Å²) in [6, 6.07) is 21.6. The summed E-state index contributed by atoms with van der Waals surface area (Å²) in [7, 11) is 0. The fourth-order valence-electron chi connectivity index (χ4n) is 5.28. The zero-order valence-corrected chi connectivity index (χ0v) is 21.4. The highest BCUT2D eigenvalue weighted by Gasteiger charge is 2.21. The first-order chi connectivity index (χ1) is 19.0. The quantitative estimate of drug-likeness (QED) is 0.345. The second-order valence-corrected chi connectivity index (χ2v) is 9.67. The number of aromatic amines is 1. The smallest absolute Gasteiger partial charge is 0.266 e. The first-order valence-corrected chi connectivity index (χ1v) is 12.6. The summed E-state index contributed by atoms with van der Waals surface area (Å²) in [4.78, 5) is 31.0. The SMILES string of the molecule is Cc1ccccc1-n1c(Cn2nc(-c3ccc4cc[nH]c4c3)c3c(N)ncnc32)nc2cccc(C)c2c1=O. The number of fused-ring (bicyclic) bond motifs is 3. The molecule has 0 aliphatic heterocycles. The Kier molecular flexibility index (Phi) is 5.06. The van der Waals surface area contributed by atoms with Crippen LogP contribution in [-0.2, 0) is 6.54 Å². The molecule has 4 heterocycles. The van der Waals surface area contributed by atoms with Crippen molar-refractivity contribution in [2.24, 2.45) is 0 Å². The molecule has 7 rings (SSSR count). The molecule has 3 aromatic carbocycles. The van der Waals surface area contributed by atoms with Crippen molar-refractivity contribution in [3.63, 3.8) is 0 Å². The predicted molar refractivity (Wildman–Crippen MR) is 153 cm³/mol. The predicted octanol–water partition coefficient (Wildman–Crippen LogP) is 4.92. The van der Waals surface area contributed by atoms with Gasteiger partial charge in [-0.15, -0.1) is 0 Å². The number of nitrogen functional groups attached to an aromatic ring is 1. The third-order valence-electron chi connectivity index (χ3n) is 7.21. The monoisotopic (exact) mass is 512 g/mol. The third-order valence-corrected chi connectivity index (χ3v) is 7.21. The molecule has 0 aliphatic rings. The molecule has 39 heavy (non-hydrogen) atoms. The number of nitrogens with two attached hydrogens (primary N) is 1. The maximum atomic E-state index is 14.0. The molecule has 0 amide bonds.